The van der Waals surface area contributed by atoms with Crippen LogP contribution in [0.25, 0.3) is 21.5 Å². The Hall–Kier alpha value is -0.539. The second kappa shape index (κ2) is 12.8. The van der Waals surface area contributed by atoms with Crippen molar-refractivity contribution in [3.63, 3.8) is 0 Å². The van der Waals surface area contributed by atoms with Crippen LogP contribution in [0.4, 0.5) is 0 Å². The van der Waals surface area contributed by atoms with Gasteiger partial charge in [0.05, 0.1) is 0 Å². The van der Waals surface area contributed by atoms with Crippen LogP contribution >= 0.6 is 11.1 Å². The Morgan fingerprint density at radius 1 is 0.750 bits per heavy atom. The van der Waals surface area contributed by atoms with E-state index in [1.54, 1.807) is 0 Å². The van der Waals surface area contributed by atoms with Crippen molar-refractivity contribution in [3.05, 3.63) is 84.9 Å². The van der Waals surface area contributed by atoms with Crippen LogP contribution in [0.5, 0.6) is 0 Å². The van der Waals surface area contributed by atoms with Gasteiger partial charge in [0.25, 0.3) is 0 Å². The first-order valence-corrected chi connectivity index (χ1v) is 12.4. The molecule has 4 rings (SSSR count). The van der Waals surface area contributed by atoms with Crippen molar-refractivity contribution in [2.45, 2.75) is 6.55 Å². The molecule has 124 valence electrons. The van der Waals surface area contributed by atoms with Crippen molar-refractivity contribution < 1.29 is 44.0 Å². The molecular weight excluding hydrogens is 411 g/mol. The summed E-state index contributed by atoms with van der Waals surface area (Å²) in [6.07, 6.45) is 0. The summed E-state index contributed by atoms with van der Waals surface area (Å²) < 4.78 is 0. The first kappa shape index (κ1) is 23.5. The third-order valence-electron chi connectivity index (χ3n) is 3.10. The molecule has 24 heavy (non-hydrogen) atoms. The Balaban J connectivity index is 0.000000341. The van der Waals surface area contributed by atoms with E-state index in [1.807, 2.05) is 25.7 Å². The molecule has 0 amide bonds. The number of fused-ring (bicyclic) bond motifs is 2. The molecule has 0 aromatic heterocycles. The fourth-order valence-electron chi connectivity index (χ4n) is 2.14. The molecule has 5 heteroatoms. The fourth-order valence-corrected chi connectivity index (χ4v) is 2.14. The molecule has 0 heterocycles. The van der Waals surface area contributed by atoms with Crippen molar-refractivity contribution in [2.24, 2.45) is 0 Å². The van der Waals surface area contributed by atoms with Gasteiger partial charge in [-0.15, -0.1) is 59.3 Å². The van der Waals surface area contributed by atoms with Crippen LogP contribution in [0.15, 0.2) is 84.9 Å². The van der Waals surface area contributed by atoms with Crippen LogP contribution in [0.3, 0.4) is 0 Å². The molecule has 0 atom stereocenters. The van der Waals surface area contributed by atoms with Gasteiger partial charge in [-0.25, -0.2) is 0 Å². The van der Waals surface area contributed by atoms with Gasteiger partial charge in [-0.1, -0.05) is 12.1 Å². The molecule has 0 nitrogen and oxygen atoms in total. The van der Waals surface area contributed by atoms with Gasteiger partial charge in [-0.2, -0.15) is 35.0 Å². The summed E-state index contributed by atoms with van der Waals surface area (Å²) in [5.41, 5.74) is -0.407. The summed E-state index contributed by atoms with van der Waals surface area (Å²) in [5.74, 6) is 0. The van der Waals surface area contributed by atoms with E-state index in [0.717, 1.165) is 0 Å². The molecular formula is C19H17Cl3SiTi-2. The molecule has 0 saturated heterocycles. The average Bonchev–Trinajstić information content (AvgIpc) is 3.16. The number of hydrogen-bond donors (Lipinski definition) is 0. The van der Waals surface area contributed by atoms with Crippen LogP contribution in [0, 0.1) is 0 Å². The normalized spacial score (nSPS) is 8.83. The van der Waals surface area contributed by atoms with Gasteiger partial charge in [-0.05, 0) is 0 Å². The summed E-state index contributed by atoms with van der Waals surface area (Å²) in [5, 5.41) is 5.32. The maximum atomic E-state index is 5.38. The standard InChI is InChI=1S/2C9H7.CH3ClSi.2ClH.Ti/c2*1-2-5-9-7-3-6-8(9)4-1;1-3-2;;;/h2*1-7H;1H3;2*1H;/q2*-1;;;;+2/p-2. The maximum Gasteiger partial charge on any atom is -0.0809 e. The Kier molecular flexibility index (Phi) is 12.5. The van der Waals surface area contributed by atoms with Gasteiger partial charge < -0.3 is 24.8 Å². The third-order valence-corrected chi connectivity index (χ3v) is 3.10. The Bertz CT molecular complexity index is 721. The van der Waals surface area contributed by atoms with Gasteiger partial charge in [0, 0.05) is 0 Å². The molecule has 0 N–H and O–H groups in total. The molecule has 0 aliphatic heterocycles. The van der Waals surface area contributed by atoms with Crippen molar-refractivity contribution in [2.75, 3.05) is 0 Å². The SMILES string of the molecule is C[Si](Cl)=[Ti+2].[Cl-].[Cl-].c1ccc2[cH-]ccc2c1.c1ccc2[cH-]ccc2c1. The molecule has 0 fully saturated rings. The number of halogens is 3. The van der Waals surface area contributed by atoms with E-state index in [0.29, 0.717) is 0 Å². The molecule has 4 aromatic carbocycles. The quantitative estimate of drug-likeness (QED) is 0.211. The molecule has 0 aliphatic carbocycles. The second-order valence-corrected chi connectivity index (χ2v) is 12.6. The van der Waals surface area contributed by atoms with Crippen LogP contribution in [0.1, 0.15) is 0 Å². The monoisotopic (exact) mass is 426 g/mol. The first-order valence-electron chi connectivity index (χ1n) is 7.08. The van der Waals surface area contributed by atoms with Gasteiger partial charge in [-0.3, -0.25) is 0 Å². The van der Waals surface area contributed by atoms with Crippen LogP contribution in [0.2, 0.25) is 6.55 Å². The predicted octanol–water partition coefficient (Wildman–Crippen LogP) is 0.0154. The number of hydrogen-bond acceptors (Lipinski definition) is 0. The second-order valence-electron chi connectivity index (χ2n) is 4.84. The number of benzene rings is 2. The minimum Gasteiger partial charge on any atom is -1.00 e. The topological polar surface area (TPSA) is 0 Å². The summed E-state index contributed by atoms with van der Waals surface area (Å²) in [6, 6.07) is 29.3. The average molecular weight is 428 g/mol. The minimum atomic E-state index is -0.407. The molecule has 4 aromatic rings. The van der Waals surface area contributed by atoms with E-state index in [4.69, 9.17) is 11.1 Å². The summed E-state index contributed by atoms with van der Waals surface area (Å²) >= 11 is 7.41. The van der Waals surface area contributed by atoms with E-state index < -0.39 is 5.50 Å². The zero-order chi connectivity index (χ0) is 15.8. The van der Waals surface area contributed by atoms with E-state index in [9.17, 15) is 0 Å². The smallest absolute Gasteiger partial charge is 0.0809 e. The molecule has 0 saturated carbocycles. The van der Waals surface area contributed by atoms with E-state index in [2.05, 4.69) is 84.9 Å². The van der Waals surface area contributed by atoms with Crippen LogP contribution in [-0.4, -0.2) is 5.50 Å². The van der Waals surface area contributed by atoms with Gasteiger partial charge in [0.15, 0.2) is 0 Å². The zero-order valence-corrected chi connectivity index (χ0v) is 18.0. The van der Waals surface area contributed by atoms with Gasteiger partial charge >= 0.3 is 42.3 Å². The Labute approximate surface area is 172 Å². The Morgan fingerprint density at radius 2 is 1.08 bits per heavy atom. The van der Waals surface area contributed by atoms with Gasteiger partial charge in [0.2, 0.25) is 0 Å². The summed E-state index contributed by atoms with van der Waals surface area (Å²) in [6.45, 7) is 2.03. The minimum absolute atomic E-state index is 0. The summed E-state index contributed by atoms with van der Waals surface area (Å²) in [4.78, 5) is 0. The number of rotatable bonds is 0. The van der Waals surface area contributed by atoms with Crippen molar-refractivity contribution in [1.82, 2.24) is 0 Å². The van der Waals surface area contributed by atoms with Gasteiger partial charge in [0.1, 0.15) is 0 Å². The van der Waals surface area contributed by atoms with E-state index >= 15 is 0 Å². The zero-order valence-electron chi connectivity index (χ0n) is 13.2. The first-order chi connectivity index (χ1) is 10.7. The van der Waals surface area contributed by atoms with Crippen molar-refractivity contribution in [1.29, 1.82) is 0 Å². The van der Waals surface area contributed by atoms with Crippen molar-refractivity contribution >= 4 is 38.1 Å². The predicted molar refractivity (Wildman–Crippen MR) is 96.6 cm³/mol. The van der Waals surface area contributed by atoms with Crippen molar-refractivity contribution in [3.8, 4) is 0 Å². The van der Waals surface area contributed by atoms with Crippen LogP contribution < -0.4 is 24.8 Å². The third kappa shape index (κ3) is 8.02. The van der Waals surface area contributed by atoms with Crippen LogP contribution in [-0.2, 0) is 19.2 Å². The Morgan fingerprint density at radius 3 is 1.42 bits per heavy atom. The van der Waals surface area contributed by atoms with E-state index in [1.165, 1.54) is 21.5 Å². The molecule has 0 aliphatic rings. The largest absolute Gasteiger partial charge is 1.00 e. The maximum absolute atomic E-state index is 5.38. The van der Waals surface area contributed by atoms with E-state index in [-0.39, 0.29) is 24.8 Å². The summed E-state index contributed by atoms with van der Waals surface area (Å²) in [7, 11) is 0. The molecule has 0 radical (unpaired) electrons. The molecule has 0 spiro atoms. The molecule has 0 bridgehead atoms. The fraction of sp³-hybridized carbons (Fsp3) is 0.0526. The molecule has 0 unspecified atom stereocenters.